The highest BCUT2D eigenvalue weighted by Gasteiger charge is 2.30. The molecule has 0 radical (unpaired) electrons. The zero-order valence-electron chi connectivity index (χ0n) is 6.98. The van der Waals surface area contributed by atoms with Gasteiger partial charge in [-0.2, -0.15) is 13.2 Å². The fourth-order valence-corrected chi connectivity index (χ4v) is 0.627. The summed E-state index contributed by atoms with van der Waals surface area (Å²) in [6.45, 7) is 1.25. The minimum absolute atomic E-state index is 0.363. The summed E-state index contributed by atoms with van der Waals surface area (Å²) in [5.74, 6) is 0. The molecule has 0 saturated carbocycles. The Balaban J connectivity index is 3.86. The summed E-state index contributed by atoms with van der Waals surface area (Å²) >= 11 is 0. The standard InChI is InChI=1S/C6H11F3N2O2/c1-2-4(3-12)10-5(13)11-6(7,8)9/h4,12H,2-3H2,1H3,(H2,10,11,13). The van der Waals surface area contributed by atoms with E-state index >= 15 is 0 Å². The maximum Gasteiger partial charge on any atom is 0.485 e. The zero-order chi connectivity index (χ0) is 10.5. The van der Waals surface area contributed by atoms with E-state index in [1.807, 2.05) is 5.32 Å². The summed E-state index contributed by atoms with van der Waals surface area (Å²) in [6.07, 6.45) is -4.38. The number of nitrogens with one attached hydrogen (secondary N) is 2. The van der Waals surface area contributed by atoms with Crippen molar-refractivity contribution in [3.63, 3.8) is 0 Å². The van der Waals surface area contributed by atoms with Crippen LogP contribution in [0, 0.1) is 0 Å². The molecule has 1 atom stereocenters. The van der Waals surface area contributed by atoms with Crippen molar-refractivity contribution in [1.29, 1.82) is 0 Å². The Bertz CT molecular complexity index is 168. The summed E-state index contributed by atoms with van der Waals surface area (Å²) in [6, 6.07) is -2.00. The topological polar surface area (TPSA) is 61.4 Å². The molecule has 0 aromatic carbocycles. The van der Waals surface area contributed by atoms with Crippen molar-refractivity contribution in [1.82, 2.24) is 10.6 Å². The number of rotatable bonds is 3. The van der Waals surface area contributed by atoms with Crippen LogP contribution in [0.15, 0.2) is 0 Å². The van der Waals surface area contributed by atoms with Crippen LogP contribution in [0.2, 0.25) is 0 Å². The van der Waals surface area contributed by atoms with E-state index in [2.05, 4.69) is 0 Å². The smallest absolute Gasteiger partial charge is 0.394 e. The molecule has 0 heterocycles. The van der Waals surface area contributed by atoms with Crippen LogP contribution in [0.3, 0.4) is 0 Å². The monoisotopic (exact) mass is 200 g/mol. The first kappa shape index (κ1) is 12.0. The lowest BCUT2D eigenvalue weighted by Crippen LogP contribution is -2.48. The molecule has 0 bridgehead atoms. The first-order valence-corrected chi connectivity index (χ1v) is 3.65. The molecule has 0 aliphatic rings. The van der Waals surface area contributed by atoms with Gasteiger partial charge < -0.3 is 10.4 Å². The predicted octanol–water partition coefficient (Wildman–Crippen LogP) is 0.576. The Labute approximate surface area is 73.1 Å². The molecular weight excluding hydrogens is 189 g/mol. The molecule has 3 N–H and O–H groups in total. The third kappa shape index (κ3) is 6.21. The Kier molecular flexibility index (Phi) is 4.53. The van der Waals surface area contributed by atoms with Crippen LogP contribution < -0.4 is 10.6 Å². The van der Waals surface area contributed by atoms with E-state index in [4.69, 9.17) is 5.11 Å². The number of hydrogen-bond acceptors (Lipinski definition) is 2. The average molecular weight is 200 g/mol. The van der Waals surface area contributed by atoms with E-state index in [0.29, 0.717) is 6.42 Å². The lowest BCUT2D eigenvalue weighted by molar-refractivity contribution is -0.145. The molecule has 0 fully saturated rings. The van der Waals surface area contributed by atoms with Gasteiger partial charge in [-0.1, -0.05) is 6.92 Å². The second-order valence-electron chi connectivity index (χ2n) is 2.38. The summed E-state index contributed by atoms with van der Waals surface area (Å²) in [5.41, 5.74) is 0. The molecule has 4 nitrogen and oxygen atoms in total. The first-order chi connectivity index (χ1) is 5.89. The summed E-state index contributed by atoms with van der Waals surface area (Å²) in [4.78, 5) is 10.5. The Morgan fingerprint density at radius 1 is 1.54 bits per heavy atom. The molecule has 0 aromatic heterocycles. The number of alkyl halides is 3. The zero-order valence-corrected chi connectivity index (χ0v) is 6.98. The molecule has 78 valence electrons. The highest BCUT2D eigenvalue weighted by Crippen LogP contribution is 2.08. The maximum absolute atomic E-state index is 11.5. The van der Waals surface area contributed by atoms with Crippen LogP contribution in [0.25, 0.3) is 0 Å². The fraction of sp³-hybridized carbons (Fsp3) is 0.833. The quantitative estimate of drug-likeness (QED) is 0.583. The molecule has 0 saturated heterocycles. The Morgan fingerprint density at radius 3 is 2.38 bits per heavy atom. The van der Waals surface area contributed by atoms with Gasteiger partial charge in [0.15, 0.2) is 0 Å². The van der Waals surface area contributed by atoms with Gasteiger partial charge in [-0.3, -0.25) is 0 Å². The van der Waals surface area contributed by atoms with Gasteiger partial charge in [0.25, 0.3) is 0 Å². The third-order valence-corrected chi connectivity index (χ3v) is 1.30. The molecule has 2 amide bonds. The van der Waals surface area contributed by atoms with Crippen LogP contribution in [0.5, 0.6) is 0 Å². The normalized spacial score (nSPS) is 13.6. The van der Waals surface area contributed by atoms with Gasteiger partial charge in [0.1, 0.15) is 0 Å². The van der Waals surface area contributed by atoms with Crippen LogP contribution >= 0.6 is 0 Å². The molecule has 13 heavy (non-hydrogen) atoms. The predicted molar refractivity (Wildman–Crippen MR) is 38.9 cm³/mol. The molecule has 1 unspecified atom stereocenters. The van der Waals surface area contributed by atoms with E-state index in [-0.39, 0.29) is 6.61 Å². The Hall–Kier alpha value is -0.980. The minimum Gasteiger partial charge on any atom is -0.394 e. The van der Waals surface area contributed by atoms with E-state index in [0.717, 1.165) is 5.32 Å². The number of amides is 2. The largest absolute Gasteiger partial charge is 0.485 e. The van der Waals surface area contributed by atoms with Crippen LogP contribution in [0.1, 0.15) is 13.3 Å². The second kappa shape index (κ2) is 4.90. The molecule has 0 aliphatic carbocycles. The van der Waals surface area contributed by atoms with Gasteiger partial charge >= 0.3 is 12.3 Å². The van der Waals surface area contributed by atoms with E-state index in [1.54, 1.807) is 6.92 Å². The molecule has 0 aromatic rings. The van der Waals surface area contributed by atoms with Gasteiger partial charge in [0, 0.05) is 0 Å². The van der Waals surface area contributed by atoms with Crippen molar-refractivity contribution in [3.05, 3.63) is 0 Å². The van der Waals surface area contributed by atoms with Crippen LogP contribution in [-0.2, 0) is 0 Å². The summed E-state index contributed by atoms with van der Waals surface area (Å²) < 4.78 is 34.6. The van der Waals surface area contributed by atoms with Crippen LogP contribution in [-0.4, -0.2) is 30.1 Å². The van der Waals surface area contributed by atoms with Gasteiger partial charge in [-0.15, -0.1) is 0 Å². The summed E-state index contributed by atoms with van der Waals surface area (Å²) in [5, 5.41) is 11.3. The SMILES string of the molecule is CCC(CO)NC(=O)NC(F)(F)F. The van der Waals surface area contributed by atoms with Gasteiger partial charge in [-0.05, 0) is 6.42 Å². The van der Waals surface area contributed by atoms with Crippen molar-refractivity contribution in [2.45, 2.75) is 25.7 Å². The third-order valence-electron chi connectivity index (χ3n) is 1.30. The van der Waals surface area contributed by atoms with Crippen molar-refractivity contribution in [3.8, 4) is 0 Å². The number of hydrogen-bond donors (Lipinski definition) is 3. The minimum atomic E-state index is -4.74. The molecule has 0 rings (SSSR count). The lowest BCUT2D eigenvalue weighted by atomic mass is 10.2. The van der Waals surface area contributed by atoms with Crippen LogP contribution in [0.4, 0.5) is 18.0 Å². The van der Waals surface area contributed by atoms with E-state index < -0.39 is 18.4 Å². The van der Waals surface area contributed by atoms with E-state index in [9.17, 15) is 18.0 Å². The molecule has 0 spiro atoms. The number of aliphatic hydroxyl groups is 1. The number of aliphatic hydroxyl groups excluding tert-OH is 1. The van der Waals surface area contributed by atoms with Gasteiger partial charge in [-0.25, -0.2) is 10.1 Å². The van der Waals surface area contributed by atoms with E-state index in [1.165, 1.54) is 0 Å². The molecule has 7 heteroatoms. The highest BCUT2D eigenvalue weighted by atomic mass is 19.4. The Morgan fingerprint density at radius 2 is 2.08 bits per heavy atom. The maximum atomic E-state index is 11.5. The first-order valence-electron chi connectivity index (χ1n) is 3.65. The highest BCUT2D eigenvalue weighted by molar-refractivity contribution is 5.74. The molecule has 0 aliphatic heterocycles. The average Bonchev–Trinajstić information content (AvgIpc) is 1.96. The number of halogens is 3. The number of carbonyl (C=O) groups excluding carboxylic acids is 1. The lowest BCUT2D eigenvalue weighted by Gasteiger charge is -2.15. The van der Waals surface area contributed by atoms with Crippen molar-refractivity contribution in [2.24, 2.45) is 0 Å². The van der Waals surface area contributed by atoms with Crippen molar-refractivity contribution >= 4 is 6.03 Å². The fourth-order valence-electron chi connectivity index (χ4n) is 0.627. The number of urea groups is 1. The number of carbonyl (C=O) groups is 1. The van der Waals surface area contributed by atoms with Gasteiger partial charge in [0.2, 0.25) is 0 Å². The second-order valence-corrected chi connectivity index (χ2v) is 2.38. The molecular formula is C6H11F3N2O2. The van der Waals surface area contributed by atoms with Crippen molar-refractivity contribution < 1.29 is 23.1 Å². The van der Waals surface area contributed by atoms with Gasteiger partial charge in [0.05, 0.1) is 12.6 Å². The van der Waals surface area contributed by atoms with Crippen molar-refractivity contribution in [2.75, 3.05) is 6.61 Å². The summed E-state index contributed by atoms with van der Waals surface area (Å²) in [7, 11) is 0.